The fourth-order valence-corrected chi connectivity index (χ4v) is 2.32. The Morgan fingerprint density at radius 1 is 1.25 bits per heavy atom. The Kier molecular flexibility index (Phi) is 4.16. The normalized spacial score (nSPS) is 11.7. The molecule has 0 spiro atoms. The maximum Gasteiger partial charge on any atom is 0.417 e. The van der Waals surface area contributed by atoms with Gasteiger partial charge in [-0.3, -0.25) is 4.79 Å². The standard InChI is InChI=1S/C8HBrCl3F3O/c9-3-1-2(8(13,14)15)5(10)4(6(3)11)7(12)16/h1H. The molecule has 1 nitrogen and oxygen atoms in total. The minimum atomic E-state index is -4.69. The first-order chi connectivity index (χ1) is 7.16. The maximum absolute atomic E-state index is 12.5. The van der Waals surface area contributed by atoms with Crippen molar-refractivity contribution in [2.45, 2.75) is 6.18 Å². The number of carbonyl (C=O) groups is 1. The smallest absolute Gasteiger partial charge is 0.275 e. The summed E-state index contributed by atoms with van der Waals surface area (Å²) in [6.45, 7) is 0. The molecule has 0 N–H and O–H groups in total. The van der Waals surface area contributed by atoms with Crippen LogP contribution in [0.3, 0.4) is 0 Å². The van der Waals surface area contributed by atoms with Crippen molar-refractivity contribution in [3.8, 4) is 0 Å². The first-order valence-corrected chi connectivity index (χ1v) is 5.53. The molecule has 0 radical (unpaired) electrons. The molecular formula is C8HBrCl3F3O. The molecule has 0 aliphatic heterocycles. The molecule has 0 amide bonds. The van der Waals surface area contributed by atoms with Crippen molar-refractivity contribution in [2.75, 3.05) is 0 Å². The number of carbonyl (C=O) groups excluding carboxylic acids is 1. The molecule has 0 heterocycles. The first-order valence-electron chi connectivity index (χ1n) is 3.60. The fourth-order valence-electron chi connectivity index (χ4n) is 0.983. The Hall–Kier alpha value is 0.0300. The number of hydrogen-bond acceptors (Lipinski definition) is 1. The number of hydrogen-bond donors (Lipinski definition) is 0. The summed E-state index contributed by atoms with van der Waals surface area (Å²) in [4.78, 5) is 10.9. The van der Waals surface area contributed by atoms with E-state index in [-0.39, 0.29) is 9.50 Å². The highest BCUT2D eigenvalue weighted by atomic mass is 79.9. The lowest BCUT2D eigenvalue weighted by molar-refractivity contribution is -0.137. The van der Waals surface area contributed by atoms with Crippen molar-refractivity contribution >= 4 is 56.0 Å². The average molecular weight is 356 g/mol. The summed E-state index contributed by atoms with van der Waals surface area (Å²) in [5.41, 5.74) is -1.74. The zero-order chi connectivity index (χ0) is 12.7. The zero-order valence-corrected chi connectivity index (χ0v) is 11.0. The number of benzene rings is 1. The van der Waals surface area contributed by atoms with Crippen molar-refractivity contribution in [2.24, 2.45) is 0 Å². The summed E-state index contributed by atoms with van der Waals surface area (Å²) in [6.07, 6.45) is -4.69. The second kappa shape index (κ2) is 4.72. The van der Waals surface area contributed by atoms with Gasteiger partial charge in [-0.1, -0.05) is 23.2 Å². The maximum atomic E-state index is 12.5. The van der Waals surface area contributed by atoms with Gasteiger partial charge in [0.2, 0.25) is 0 Å². The molecule has 0 bridgehead atoms. The Morgan fingerprint density at radius 2 is 1.75 bits per heavy atom. The Bertz CT molecular complexity index is 459. The minimum absolute atomic E-state index is 0.102. The van der Waals surface area contributed by atoms with Gasteiger partial charge in [0.05, 0.1) is 21.2 Å². The lowest BCUT2D eigenvalue weighted by Crippen LogP contribution is -2.09. The molecule has 0 atom stereocenters. The van der Waals surface area contributed by atoms with Crippen LogP contribution in [-0.2, 0) is 6.18 Å². The topological polar surface area (TPSA) is 17.1 Å². The molecule has 8 heteroatoms. The van der Waals surface area contributed by atoms with E-state index in [4.69, 9.17) is 34.8 Å². The van der Waals surface area contributed by atoms with Gasteiger partial charge in [0, 0.05) is 4.47 Å². The molecule has 0 saturated carbocycles. The van der Waals surface area contributed by atoms with E-state index in [0.29, 0.717) is 6.07 Å². The van der Waals surface area contributed by atoms with Gasteiger partial charge in [-0.25, -0.2) is 0 Å². The molecule has 1 aromatic rings. The lowest BCUT2D eigenvalue weighted by atomic mass is 10.1. The average Bonchev–Trinajstić information content (AvgIpc) is 2.09. The highest BCUT2D eigenvalue weighted by Crippen LogP contribution is 2.42. The number of alkyl halides is 3. The molecule has 0 unspecified atom stereocenters. The second-order valence-electron chi connectivity index (χ2n) is 2.68. The van der Waals surface area contributed by atoms with Crippen LogP contribution in [-0.4, -0.2) is 5.24 Å². The molecule has 1 rings (SSSR count). The monoisotopic (exact) mass is 354 g/mol. The quantitative estimate of drug-likeness (QED) is 0.502. The second-order valence-corrected chi connectivity index (χ2v) is 4.63. The molecule has 88 valence electrons. The lowest BCUT2D eigenvalue weighted by Gasteiger charge is -2.13. The summed E-state index contributed by atoms with van der Waals surface area (Å²) >= 11 is 18.9. The molecule has 0 aromatic heterocycles. The highest BCUT2D eigenvalue weighted by molar-refractivity contribution is 9.10. The molecule has 0 saturated heterocycles. The van der Waals surface area contributed by atoms with E-state index in [9.17, 15) is 18.0 Å². The highest BCUT2D eigenvalue weighted by Gasteiger charge is 2.36. The van der Waals surface area contributed by atoms with Crippen LogP contribution < -0.4 is 0 Å². The predicted molar refractivity (Wildman–Crippen MR) is 59.3 cm³/mol. The van der Waals surface area contributed by atoms with Gasteiger partial charge in [0.15, 0.2) is 0 Å². The fraction of sp³-hybridized carbons (Fsp3) is 0.125. The summed E-state index contributed by atoms with van der Waals surface area (Å²) in [5.74, 6) is 0. The van der Waals surface area contributed by atoms with E-state index in [1.54, 1.807) is 0 Å². The van der Waals surface area contributed by atoms with Gasteiger partial charge < -0.3 is 0 Å². The molecule has 0 aliphatic carbocycles. The summed E-state index contributed by atoms with van der Waals surface area (Å²) in [5, 5.41) is -2.21. The molecule has 1 aromatic carbocycles. The molecule has 0 fully saturated rings. The van der Waals surface area contributed by atoms with Gasteiger partial charge in [0.25, 0.3) is 5.24 Å². The van der Waals surface area contributed by atoms with E-state index >= 15 is 0 Å². The minimum Gasteiger partial charge on any atom is -0.275 e. The van der Waals surface area contributed by atoms with Gasteiger partial charge in [-0.05, 0) is 33.6 Å². The molecule has 16 heavy (non-hydrogen) atoms. The number of rotatable bonds is 1. The first kappa shape index (κ1) is 14.1. The van der Waals surface area contributed by atoms with Crippen LogP contribution in [0.4, 0.5) is 13.2 Å². The van der Waals surface area contributed by atoms with E-state index in [2.05, 4.69) is 15.9 Å². The van der Waals surface area contributed by atoms with Gasteiger partial charge >= 0.3 is 6.18 Å². The van der Waals surface area contributed by atoms with Crippen molar-refractivity contribution in [3.05, 3.63) is 31.7 Å². The largest absolute Gasteiger partial charge is 0.417 e. The molecule has 0 aliphatic rings. The van der Waals surface area contributed by atoms with E-state index in [1.165, 1.54) is 0 Å². The Morgan fingerprint density at radius 3 is 2.12 bits per heavy atom. The van der Waals surface area contributed by atoms with E-state index < -0.39 is 27.6 Å². The van der Waals surface area contributed by atoms with Crippen molar-refractivity contribution in [1.82, 2.24) is 0 Å². The molecular weight excluding hydrogens is 355 g/mol. The van der Waals surface area contributed by atoms with Crippen molar-refractivity contribution in [1.29, 1.82) is 0 Å². The third-order valence-corrected chi connectivity index (χ3v) is 3.49. The van der Waals surface area contributed by atoms with Gasteiger partial charge in [-0.2, -0.15) is 13.2 Å². The SMILES string of the molecule is O=C(Cl)c1c(Cl)c(Br)cc(C(F)(F)F)c1Cl. The van der Waals surface area contributed by atoms with Crippen LogP contribution in [0.2, 0.25) is 10.0 Å². The van der Waals surface area contributed by atoms with Crippen molar-refractivity contribution in [3.63, 3.8) is 0 Å². The van der Waals surface area contributed by atoms with Crippen molar-refractivity contribution < 1.29 is 18.0 Å². The third kappa shape index (κ3) is 2.64. The zero-order valence-electron chi connectivity index (χ0n) is 7.13. The van der Waals surface area contributed by atoms with Crippen LogP contribution in [0.25, 0.3) is 0 Å². The number of halogens is 7. The van der Waals surface area contributed by atoms with Crippen LogP contribution in [0.15, 0.2) is 10.5 Å². The third-order valence-electron chi connectivity index (χ3n) is 1.66. The van der Waals surface area contributed by atoms with Crippen LogP contribution in [0.1, 0.15) is 15.9 Å². The van der Waals surface area contributed by atoms with Crippen LogP contribution in [0.5, 0.6) is 0 Å². The predicted octanol–water partition coefficient (Wildman–Crippen LogP) is 5.15. The van der Waals surface area contributed by atoms with E-state index in [1.807, 2.05) is 0 Å². The van der Waals surface area contributed by atoms with Crippen LogP contribution in [0, 0.1) is 0 Å². The summed E-state index contributed by atoms with van der Waals surface area (Å²) < 4.78 is 37.4. The summed E-state index contributed by atoms with van der Waals surface area (Å²) in [7, 11) is 0. The Labute approximate surface area is 112 Å². The van der Waals surface area contributed by atoms with E-state index in [0.717, 1.165) is 0 Å². The van der Waals surface area contributed by atoms with Gasteiger partial charge in [-0.15, -0.1) is 0 Å². The Balaban J connectivity index is 3.64. The van der Waals surface area contributed by atoms with Gasteiger partial charge in [0.1, 0.15) is 0 Å². The van der Waals surface area contributed by atoms with Crippen LogP contribution >= 0.6 is 50.7 Å². The summed E-state index contributed by atoms with van der Waals surface area (Å²) in [6, 6.07) is 0.688.